The molecule has 0 radical (unpaired) electrons. The number of aryl methyl sites for hydroxylation is 1. The molecule has 1 N–H and O–H groups in total. The molecule has 0 atom stereocenters. The number of anilines is 1. The molecule has 3 heteroatoms. The summed E-state index contributed by atoms with van der Waals surface area (Å²) in [5, 5.41) is 6.14. The Kier molecular flexibility index (Phi) is 3.23. The normalized spacial score (nSPS) is 10.4. The lowest BCUT2D eigenvalue weighted by Crippen LogP contribution is -1.98. The Bertz CT molecular complexity index is 345. The summed E-state index contributed by atoms with van der Waals surface area (Å²) in [6, 6.07) is 3.82. The van der Waals surface area contributed by atoms with E-state index >= 15 is 0 Å². The highest BCUT2D eigenvalue weighted by Crippen LogP contribution is 2.31. The van der Waals surface area contributed by atoms with Gasteiger partial charge in [-0.05, 0) is 41.3 Å². The molecule has 0 saturated heterocycles. The second-order valence-electron chi connectivity index (χ2n) is 3.72. The second kappa shape index (κ2) is 4.22. The van der Waals surface area contributed by atoms with Gasteiger partial charge in [-0.2, -0.15) is 0 Å². The topological polar surface area (TPSA) is 41.5 Å². The summed E-state index contributed by atoms with van der Waals surface area (Å²) in [7, 11) is 1.88. The van der Waals surface area contributed by atoms with Crippen LogP contribution in [0.5, 0.6) is 0 Å². The molecule has 1 aromatic carbocycles. The largest absolute Gasteiger partial charge is 0.388 e. The summed E-state index contributed by atoms with van der Waals surface area (Å²) in [5.41, 5.74) is 3.65. The van der Waals surface area contributed by atoms with Gasteiger partial charge in [0.15, 0.2) is 0 Å². The Morgan fingerprint density at radius 1 is 1.36 bits per heavy atom. The lowest BCUT2D eigenvalue weighted by Gasteiger charge is -2.13. The molecular formula is C11H16N2O. The smallest absolute Gasteiger partial charge is 0.111 e. The molecule has 0 heterocycles. The van der Waals surface area contributed by atoms with Crippen LogP contribution >= 0.6 is 0 Å². The van der Waals surface area contributed by atoms with Crippen LogP contribution in [0.2, 0.25) is 0 Å². The third-order valence-corrected chi connectivity index (χ3v) is 2.36. The van der Waals surface area contributed by atoms with E-state index in [0.29, 0.717) is 11.6 Å². The SMILES string of the molecule is CNc1cc(C)c(N=O)cc1C(C)C. The van der Waals surface area contributed by atoms with Gasteiger partial charge in [0.05, 0.1) is 0 Å². The van der Waals surface area contributed by atoms with Gasteiger partial charge in [0.1, 0.15) is 5.69 Å². The number of nitrogens with one attached hydrogen (secondary N) is 1. The van der Waals surface area contributed by atoms with Gasteiger partial charge in [-0.25, -0.2) is 0 Å². The van der Waals surface area contributed by atoms with Crippen LogP contribution in [-0.2, 0) is 0 Å². The Morgan fingerprint density at radius 2 is 2.00 bits per heavy atom. The highest BCUT2D eigenvalue weighted by atomic mass is 16.3. The molecule has 1 rings (SSSR count). The van der Waals surface area contributed by atoms with Crippen molar-refractivity contribution < 1.29 is 0 Å². The average molecular weight is 192 g/mol. The molecule has 14 heavy (non-hydrogen) atoms. The van der Waals surface area contributed by atoms with Gasteiger partial charge >= 0.3 is 0 Å². The van der Waals surface area contributed by atoms with Crippen molar-refractivity contribution in [2.45, 2.75) is 26.7 Å². The summed E-state index contributed by atoms with van der Waals surface area (Å²) < 4.78 is 0. The number of nitroso groups, excluding NO2 is 1. The van der Waals surface area contributed by atoms with E-state index in [9.17, 15) is 4.91 Å². The molecule has 0 saturated carbocycles. The maximum atomic E-state index is 10.5. The highest BCUT2D eigenvalue weighted by molar-refractivity contribution is 5.62. The summed E-state index contributed by atoms with van der Waals surface area (Å²) in [6.07, 6.45) is 0. The lowest BCUT2D eigenvalue weighted by atomic mass is 9.98. The van der Waals surface area contributed by atoms with Crippen molar-refractivity contribution in [3.05, 3.63) is 28.2 Å². The second-order valence-corrected chi connectivity index (χ2v) is 3.72. The van der Waals surface area contributed by atoms with Crippen LogP contribution in [0.25, 0.3) is 0 Å². The molecule has 0 amide bonds. The van der Waals surface area contributed by atoms with E-state index in [-0.39, 0.29) is 0 Å². The Hall–Kier alpha value is -1.38. The monoisotopic (exact) mass is 192 g/mol. The van der Waals surface area contributed by atoms with Gasteiger partial charge < -0.3 is 5.32 Å². The zero-order chi connectivity index (χ0) is 10.7. The quantitative estimate of drug-likeness (QED) is 0.744. The zero-order valence-electron chi connectivity index (χ0n) is 9.09. The van der Waals surface area contributed by atoms with E-state index in [4.69, 9.17) is 0 Å². The summed E-state index contributed by atoms with van der Waals surface area (Å²) >= 11 is 0. The molecule has 0 aromatic heterocycles. The van der Waals surface area contributed by atoms with E-state index < -0.39 is 0 Å². The molecule has 0 aliphatic rings. The first kappa shape index (κ1) is 10.7. The van der Waals surface area contributed by atoms with Crippen LogP contribution in [0.3, 0.4) is 0 Å². The van der Waals surface area contributed by atoms with Gasteiger partial charge in [0.25, 0.3) is 0 Å². The Balaban J connectivity index is 3.32. The van der Waals surface area contributed by atoms with Crippen molar-refractivity contribution in [2.75, 3.05) is 12.4 Å². The van der Waals surface area contributed by atoms with Crippen molar-refractivity contribution in [3.63, 3.8) is 0 Å². The van der Waals surface area contributed by atoms with Crippen molar-refractivity contribution in [1.29, 1.82) is 0 Å². The maximum Gasteiger partial charge on any atom is 0.111 e. The van der Waals surface area contributed by atoms with E-state index in [2.05, 4.69) is 24.3 Å². The average Bonchev–Trinajstić information content (AvgIpc) is 2.16. The number of nitrogens with zero attached hydrogens (tertiary/aromatic N) is 1. The van der Waals surface area contributed by atoms with Crippen molar-refractivity contribution >= 4 is 11.4 Å². The molecule has 76 valence electrons. The minimum atomic E-state index is 0.388. The molecule has 3 nitrogen and oxygen atoms in total. The first-order chi connectivity index (χ1) is 6.60. The third kappa shape index (κ3) is 1.92. The standard InChI is InChI=1S/C11H16N2O/c1-7(2)9-6-10(13-14)8(3)5-11(9)12-4/h5-7,12H,1-4H3. The number of rotatable bonds is 3. The third-order valence-electron chi connectivity index (χ3n) is 2.36. The number of hydrogen-bond acceptors (Lipinski definition) is 3. The highest BCUT2D eigenvalue weighted by Gasteiger charge is 2.09. The first-order valence-electron chi connectivity index (χ1n) is 4.75. The molecule has 0 unspecified atom stereocenters. The summed E-state index contributed by atoms with van der Waals surface area (Å²) in [5.74, 6) is 0.388. The van der Waals surface area contributed by atoms with Crippen LogP contribution in [0.4, 0.5) is 11.4 Å². The van der Waals surface area contributed by atoms with Gasteiger partial charge in [-0.3, -0.25) is 0 Å². The lowest BCUT2D eigenvalue weighted by molar-refractivity contribution is 0.867. The van der Waals surface area contributed by atoms with E-state index in [0.717, 1.165) is 16.8 Å². The molecular weight excluding hydrogens is 176 g/mol. The van der Waals surface area contributed by atoms with Crippen LogP contribution in [0.15, 0.2) is 17.3 Å². The Labute approximate surface area is 84.5 Å². The first-order valence-corrected chi connectivity index (χ1v) is 4.75. The summed E-state index contributed by atoms with van der Waals surface area (Å²) in [4.78, 5) is 10.5. The number of benzene rings is 1. The predicted molar refractivity (Wildman–Crippen MR) is 60.3 cm³/mol. The van der Waals surface area contributed by atoms with Gasteiger partial charge in [0, 0.05) is 12.7 Å². The zero-order valence-corrected chi connectivity index (χ0v) is 9.09. The van der Waals surface area contributed by atoms with Gasteiger partial charge in [0.2, 0.25) is 0 Å². The Morgan fingerprint density at radius 3 is 2.43 bits per heavy atom. The van der Waals surface area contributed by atoms with Crippen LogP contribution in [0.1, 0.15) is 30.9 Å². The van der Waals surface area contributed by atoms with Crippen LogP contribution in [0, 0.1) is 11.8 Å². The van der Waals surface area contributed by atoms with Crippen LogP contribution < -0.4 is 5.32 Å². The maximum absolute atomic E-state index is 10.5. The predicted octanol–water partition coefficient (Wildman–Crippen LogP) is 3.56. The fourth-order valence-corrected chi connectivity index (χ4v) is 1.51. The van der Waals surface area contributed by atoms with E-state index in [1.165, 1.54) is 0 Å². The summed E-state index contributed by atoms with van der Waals surface area (Å²) in [6.45, 7) is 6.09. The minimum absolute atomic E-state index is 0.388. The molecule has 0 bridgehead atoms. The van der Waals surface area contributed by atoms with Gasteiger partial charge in [-0.15, -0.1) is 4.91 Å². The molecule has 0 aliphatic heterocycles. The molecule has 0 spiro atoms. The van der Waals surface area contributed by atoms with Crippen molar-refractivity contribution in [1.82, 2.24) is 0 Å². The van der Waals surface area contributed by atoms with E-state index in [1.54, 1.807) is 0 Å². The minimum Gasteiger partial charge on any atom is -0.388 e. The molecule has 0 fully saturated rings. The molecule has 0 aliphatic carbocycles. The fraction of sp³-hybridized carbons (Fsp3) is 0.455. The number of hydrogen-bond donors (Lipinski definition) is 1. The van der Waals surface area contributed by atoms with Crippen LogP contribution in [-0.4, -0.2) is 7.05 Å². The van der Waals surface area contributed by atoms with Crippen molar-refractivity contribution in [2.24, 2.45) is 5.18 Å². The molecule has 1 aromatic rings. The van der Waals surface area contributed by atoms with Crippen molar-refractivity contribution in [3.8, 4) is 0 Å². The van der Waals surface area contributed by atoms with Gasteiger partial charge in [-0.1, -0.05) is 13.8 Å². The van der Waals surface area contributed by atoms with E-state index in [1.807, 2.05) is 26.1 Å². The fourth-order valence-electron chi connectivity index (χ4n) is 1.51.